The van der Waals surface area contributed by atoms with Gasteiger partial charge in [0.2, 0.25) is 5.91 Å². The molecule has 2 heterocycles. The van der Waals surface area contributed by atoms with Crippen LogP contribution in [0.2, 0.25) is 0 Å². The van der Waals surface area contributed by atoms with E-state index in [4.69, 9.17) is 10.3 Å². The molecule has 1 aromatic heterocycles. The second-order valence-electron chi connectivity index (χ2n) is 4.63. The maximum atomic E-state index is 11.9. The van der Waals surface area contributed by atoms with Crippen LogP contribution in [0.5, 0.6) is 0 Å². The van der Waals surface area contributed by atoms with E-state index in [0.717, 1.165) is 38.2 Å². The normalized spacial score (nSPS) is 20.8. The lowest BCUT2D eigenvalue weighted by atomic mass is 9.97. The van der Waals surface area contributed by atoms with Gasteiger partial charge in [-0.25, -0.2) is 0 Å². The van der Waals surface area contributed by atoms with Crippen molar-refractivity contribution in [3.63, 3.8) is 0 Å². The molecule has 0 spiro atoms. The van der Waals surface area contributed by atoms with E-state index < -0.39 is 0 Å². The summed E-state index contributed by atoms with van der Waals surface area (Å²) in [5.41, 5.74) is 5.38. The van der Waals surface area contributed by atoms with Gasteiger partial charge in [-0.2, -0.15) is 0 Å². The predicted octanol–water partition coefficient (Wildman–Crippen LogP) is -0.0385. The smallest absolute Gasteiger partial charge is 0.224 e. The maximum Gasteiger partial charge on any atom is 0.224 e. The first-order valence-electron chi connectivity index (χ1n) is 6.39. The number of nitrogens with two attached hydrogens (primary N) is 1. The lowest BCUT2D eigenvalue weighted by molar-refractivity contribution is -0.126. The Morgan fingerprint density at radius 3 is 3.28 bits per heavy atom. The van der Waals surface area contributed by atoms with Crippen LogP contribution in [-0.4, -0.2) is 42.1 Å². The van der Waals surface area contributed by atoms with E-state index in [0.29, 0.717) is 13.1 Å². The summed E-state index contributed by atoms with van der Waals surface area (Å²) in [6, 6.07) is 1.86. The molecule has 1 saturated heterocycles. The van der Waals surface area contributed by atoms with Crippen LogP contribution in [0, 0.1) is 5.92 Å². The van der Waals surface area contributed by atoms with Crippen molar-refractivity contribution < 1.29 is 9.32 Å². The Bertz CT molecular complexity index is 366. The highest BCUT2D eigenvalue weighted by Gasteiger charge is 2.25. The van der Waals surface area contributed by atoms with Gasteiger partial charge in [0.25, 0.3) is 0 Å². The molecule has 0 bridgehead atoms. The zero-order chi connectivity index (χ0) is 12.8. The molecular weight excluding hydrogens is 232 g/mol. The fourth-order valence-corrected chi connectivity index (χ4v) is 2.30. The van der Waals surface area contributed by atoms with Crippen LogP contribution < -0.4 is 11.1 Å². The van der Waals surface area contributed by atoms with Crippen LogP contribution in [0.3, 0.4) is 0 Å². The standard InChI is InChI=1S/C12H20N4O2/c13-4-6-14-12(17)10-2-1-7-16(8-10)9-11-3-5-15-18-11/h3,5,10H,1-2,4,6-9,13H2,(H,14,17). The number of rotatable bonds is 5. The number of carbonyl (C=O) groups excluding carboxylic acids is 1. The van der Waals surface area contributed by atoms with Gasteiger partial charge in [0, 0.05) is 25.7 Å². The van der Waals surface area contributed by atoms with Gasteiger partial charge in [-0.3, -0.25) is 9.69 Å². The van der Waals surface area contributed by atoms with Crippen molar-refractivity contribution in [2.24, 2.45) is 11.7 Å². The van der Waals surface area contributed by atoms with E-state index in [9.17, 15) is 4.79 Å². The van der Waals surface area contributed by atoms with Gasteiger partial charge in [0.15, 0.2) is 5.76 Å². The third kappa shape index (κ3) is 3.54. The molecule has 0 saturated carbocycles. The van der Waals surface area contributed by atoms with Gasteiger partial charge < -0.3 is 15.6 Å². The number of aromatic nitrogens is 1. The second-order valence-corrected chi connectivity index (χ2v) is 4.63. The molecule has 0 radical (unpaired) electrons. The summed E-state index contributed by atoms with van der Waals surface area (Å²) in [4.78, 5) is 14.1. The van der Waals surface area contributed by atoms with Crippen molar-refractivity contribution in [3.05, 3.63) is 18.0 Å². The zero-order valence-electron chi connectivity index (χ0n) is 10.5. The fraction of sp³-hybridized carbons (Fsp3) is 0.667. The van der Waals surface area contributed by atoms with E-state index in [1.807, 2.05) is 6.07 Å². The van der Waals surface area contributed by atoms with Gasteiger partial charge in [-0.15, -0.1) is 0 Å². The molecule has 3 N–H and O–H groups in total. The number of hydrogen-bond donors (Lipinski definition) is 2. The van der Waals surface area contributed by atoms with Crippen molar-refractivity contribution in [3.8, 4) is 0 Å². The third-order valence-electron chi connectivity index (χ3n) is 3.19. The Labute approximate surface area is 106 Å². The number of piperidine rings is 1. The molecule has 1 atom stereocenters. The molecule has 18 heavy (non-hydrogen) atoms. The van der Waals surface area contributed by atoms with Crippen molar-refractivity contribution in [1.82, 2.24) is 15.4 Å². The fourth-order valence-electron chi connectivity index (χ4n) is 2.30. The van der Waals surface area contributed by atoms with Gasteiger partial charge in [0.1, 0.15) is 0 Å². The monoisotopic (exact) mass is 252 g/mol. The molecule has 6 heteroatoms. The molecular formula is C12H20N4O2. The summed E-state index contributed by atoms with van der Waals surface area (Å²) in [7, 11) is 0. The van der Waals surface area contributed by atoms with E-state index >= 15 is 0 Å². The number of hydrogen-bond acceptors (Lipinski definition) is 5. The molecule has 6 nitrogen and oxygen atoms in total. The molecule has 0 aromatic carbocycles. The minimum atomic E-state index is 0.0632. The number of amides is 1. The largest absolute Gasteiger partial charge is 0.360 e. The van der Waals surface area contributed by atoms with E-state index in [2.05, 4.69) is 15.4 Å². The molecule has 1 amide bonds. The lowest BCUT2D eigenvalue weighted by Gasteiger charge is -2.31. The minimum absolute atomic E-state index is 0.0632. The van der Waals surface area contributed by atoms with Crippen molar-refractivity contribution >= 4 is 5.91 Å². The summed E-state index contributed by atoms with van der Waals surface area (Å²) in [5, 5.41) is 6.54. The maximum absolute atomic E-state index is 11.9. The number of nitrogens with one attached hydrogen (secondary N) is 1. The average molecular weight is 252 g/mol. The Balaban J connectivity index is 1.82. The van der Waals surface area contributed by atoms with Gasteiger partial charge in [0.05, 0.1) is 18.7 Å². The lowest BCUT2D eigenvalue weighted by Crippen LogP contribution is -2.43. The Hall–Kier alpha value is -1.40. The van der Waals surface area contributed by atoms with E-state index in [1.165, 1.54) is 0 Å². The number of likely N-dealkylation sites (tertiary alicyclic amines) is 1. The van der Waals surface area contributed by atoms with Crippen LogP contribution in [0.1, 0.15) is 18.6 Å². The zero-order valence-corrected chi connectivity index (χ0v) is 10.5. The Morgan fingerprint density at radius 1 is 1.67 bits per heavy atom. The van der Waals surface area contributed by atoms with E-state index in [1.54, 1.807) is 6.20 Å². The van der Waals surface area contributed by atoms with Crippen molar-refractivity contribution in [2.45, 2.75) is 19.4 Å². The van der Waals surface area contributed by atoms with Crippen LogP contribution >= 0.6 is 0 Å². The highest BCUT2D eigenvalue weighted by molar-refractivity contribution is 5.78. The first-order valence-corrected chi connectivity index (χ1v) is 6.39. The highest BCUT2D eigenvalue weighted by Crippen LogP contribution is 2.18. The van der Waals surface area contributed by atoms with Gasteiger partial charge in [-0.05, 0) is 19.4 Å². The van der Waals surface area contributed by atoms with Crippen LogP contribution in [-0.2, 0) is 11.3 Å². The van der Waals surface area contributed by atoms with Crippen LogP contribution in [0.4, 0.5) is 0 Å². The minimum Gasteiger partial charge on any atom is -0.360 e. The molecule has 1 aromatic rings. The molecule has 1 unspecified atom stereocenters. The van der Waals surface area contributed by atoms with E-state index in [-0.39, 0.29) is 11.8 Å². The number of carbonyl (C=O) groups is 1. The quantitative estimate of drug-likeness (QED) is 0.768. The summed E-state index contributed by atoms with van der Waals surface area (Å²) in [5.74, 6) is 1.02. The third-order valence-corrected chi connectivity index (χ3v) is 3.19. The molecule has 0 aliphatic carbocycles. The SMILES string of the molecule is NCCNC(=O)C1CCCN(Cc2ccno2)C1. The molecule has 1 aliphatic heterocycles. The van der Waals surface area contributed by atoms with Crippen molar-refractivity contribution in [1.29, 1.82) is 0 Å². The second kappa shape index (κ2) is 6.51. The number of nitrogens with zero attached hydrogens (tertiary/aromatic N) is 2. The van der Waals surface area contributed by atoms with Crippen LogP contribution in [0.15, 0.2) is 16.8 Å². The molecule has 1 aliphatic rings. The molecule has 1 fully saturated rings. The average Bonchev–Trinajstić information content (AvgIpc) is 2.89. The summed E-state index contributed by atoms with van der Waals surface area (Å²) < 4.78 is 5.09. The van der Waals surface area contributed by atoms with Crippen LogP contribution in [0.25, 0.3) is 0 Å². The van der Waals surface area contributed by atoms with Crippen molar-refractivity contribution in [2.75, 3.05) is 26.2 Å². The molecule has 100 valence electrons. The molecule has 2 rings (SSSR count). The first kappa shape index (κ1) is 13.0. The first-order chi connectivity index (χ1) is 8.79. The summed E-state index contributed by atoms with van der Waals surface area (Å²) in [6.07, 6.45) is 3.63. The predicted molar refractivity (Wildman–Crippen MR) is 66.6 cm³/mol. The Morgan fingerprint density at radius 2 is 2.56 bits per heavy atom. The van der Waals surface area contributed by atoms with Gasteiger partial charge >= 0.3 is 0 Å². The highest BCUT2D eigenvalue weighted by atomic mass is 16.5. The summed E-state index contributed by atoms with van der Waals surface area (Å²) >= 11 is 0. The topological polar surface area (TPSA) is 84.4 Å². The Kier molecular flexibility index (Phi) is 4.72. The van der Waals surface area contributed by atoms with Gasteiger partial charge in [-0.1, -0.05) is 5.16 Å². The summed E-state index contributed by atoms with van der Waals surface area (Å²) in [6.45, 7) is 3.54.